The van der Waals surface area contributed by atoms with Crippen molar-refractivity contribution in [1.29, 1.82) is 5.26 Å². The second kappa shape index (κ2) is 5.49. The summed E-state index contributed by atoms with van der Waals surface area (Å²) in [6, 6.07) is 6.35. The minimum Gasteiger partial charge on any atom is -0.383 e. The van der Waals surface area contributed by atoms with Crippen molar-refractivity contribution in [1.82, 2.24) is 0 Å². The minimum absolute atomic E-state index is 0.0523. The molecule has 2 rings (SSSR count). The van der Waals surface area contributed by atoms with Gasteiger partial charge in [0.25, 0.3) is 5.69 Å². The van der Waals surface area contributed by atoms with Gasteiger partial charge in [-0.2, -0.15) is 17.0 Å². The highest BCUT2D eigenvalue weighted by atomic mass is 32.2. The Morgan fingerprint density at radius 3 is 3.00 bits per heavy atom. The van der Waals surface area contributed by atoms with Crippen molar-refractivity contribution in [3.63, 3.8) is 0 Å². The molecule has 1 aliphatic heterocycles. The van der Waals surface area contributed by atoms with Gasteiger partial charge in [-0.15, -0.1) is 0 Å². The zero-order valence-electron chi connectivity index (χ0n) is 10.7. The van der Waals surface area contributed by atoms with Crippen LogP contribution in [0.25, 0.3) is 0 Å². The highest BCUT2D eigenvalue weighted by Crippen LogP contribution is 2.38. The van der Waals surface area contributed by atoms with Crippen molar-refractivity contribution >= 4 is 23.1 Å². The Labute approximate surface area is 116 Å². The molecule has 0 saturated carbocycles. The van der Waals surface area contributed by atoms with Crippen LogP contribution in [-0.4, -0.2) is 22.0 Å². The number of nitrogens with one attached hydrogen (secondary N) is 1. The molecule has 0 aliphatic carbocycles. The van der Waals surface area contributed by atoms with Gasteiger partial charge in [-0.05, 0) is 31.6 Å². The van der Waals surface area contributed by atoms with Crippen LogP contribution in [0.5, 0.6) is 0 Å². The smallest absolute Gasteiger partial charge is 0.270 e. The van der Waals surface area contributed by atoms with Crippen LogP contribution in [0.1, 0.15) is 25.3 Å². The molecule has 5 nitrogen and oxygen atoms in total. The van der Waals surface area contributed by atoms with Gasteiger partial charge >= 0.3 is 0 Å². The zero-order chi connectivity index (χ0) is 13.9. The van der Waals surface area contributed by atoms with Crippen LogP contribution >= 0.6 is 11.8 Å². The molecule has 1 heterocycles. The average Bonchev–Trinajstić information content (AvgIpc) is 2.83. The summed E-state index contributed by atoms with van der Waals surface area (Å²) in [7, 11) is 0. The molecule has 1 N–H and O–H groups in total. The van der Waals surface area contributed by atoms with E-state index in [-0.39, 0.29) is 10.4 Å². The molecule has 19 heavy (non-hydrogen) atoms. The number of anilines is 1. The van der Waals surface area contributed by atoms with E-state index < -0.39 is 4.92 Å². The number of non-ortho nitro benzene ring substituents is 1. The fraction of sp³-hybridized carbons (Fsp3) is 0.462. The number of nitrogens with zero attached hydrogens (tertiary/aromatic N) is 2. The maximum atomic E-state index is 10.7. The highest BCUT2D eigenvalue weighted by Gasteiger charge is 2.29. The lowest BCUT2D eigenvalue weighted by Crippen LogP contribution is -2.27. The zero-order valence-corrected chi connectivity index (χ0v) is 11.5. The molecule has 100 valence electrons. The first-order chi connectivity index (χ1) is 9.04. The van der Waals surface area contributed by atoms with E-state index in [0.717, 1.165) is 13.0 Å². The van der Waals surface area contributed by atoms with Crippen molar-refractivity contribution in [3.05, 3.63) is 33.9 Å². The van der Waals surface area contributed by atoms with Gasteiger partial charge in [0.15, 0.2) is 0 Å². The molecule has 1 atom stereocenters. The summed E-state index contributed by atoms with van der Waals surface area (Å²) < 4.78 is 0.189. The van der Waals surface area contributed by atoms with Crippen LogP contribution in [0.2, 0.25) is 0 Å². The fourth-order valence-electron chi connectivity index (χ4n) is 2.15. The lowest BCUT2D eigenvalue weighted by atomic mass is 10.1. The molecular formula is C13H15N3O2S. The van der Waals surface area contributed by atoms with Gasteiger partial charge in [0.05, 0.1) is 16.2 Å². The van der Waals surface area contributed by atoms with Crippen LogP contribution in [0.4, 0.5) is 11.4 Å². The van der Waals surface area contributed by atoms with E-state index in [0.29, 0.717) is 11.3 Å². The van der Waals surface area contributed by atoms with Crippen LogP contribution < -0.4 is 5.32 Å². The van der Waals surface area contributed by atoms with Crippen molar-refractivity contribution < 1.29 is 4.92 Å². The van der Waals surface area contributed by atoms with Gasteiger partial charge in [-0.25, -0.2) is 0 Å². The Hall–Kier alpha value is -1.74. The van der Waals surface area contributed by atoms with Crippen LogP contribution in [0.15, 0.2) is 18.2 Å². The largest absolute Gasteiger partial charge is 0.383 e. The standard InChI is InChI=1S/C13H15N3O2S/c1-13(5-2-6-19-13)9-15-12-4-3-11(16(17)18)7-10(12)8-14/h3-4,7,15H,2,5-6,9H2,1H3. The Balaban J connectivity index is 2.12. The first-order valence-electron chi connectivity index (χ1n) is 6.10. The summed E-state index contributed by atoms with van der Waals surface area (Å²) in [6.45, 7) is 2.97. The third kappa shape index (κ3) is 3.18. The molecule has 1 aromatic carbocycles. The summed E-state index contributed by atoms with van der Waals surface area (Å²) >= 11 is 1.93. The molecule has 0 aromatic heterocycles. The Kier molecular flexibility index (Phi) is 3.96. The van der Waals surface area contributed by atoms with Crippen molar-refractivity contribution in [2.45, 2.75) is 24.5 Å². The van der Waals surface area contributed by atoms with Crippen LogP contribution in [0, 0.1) is 21.4 Å². The maximum absolute atomic E-state index is 10.7. The molecule has 0 amide bonds. The van der Waals surface area contributed by atoms with E-state index in [2.05, 4.69) is 12.2 Å². The van der Waals surface area contributed by atoms with Gasteiger partial charge in [0.1, 0.15) is 6.07 Å². The van der Waals surface area contributed by atoms with Gasteiger partial charge in [0.2, 0.25) is 0 Å². The number of nitro groups is 1. The molecular weight excluding hydrogens is 262 g/mol. The predicted octanol–water partition coefficient (Wildman–Crippen LogP) is 3.16. The molecule has 1 fully saturated rings. The Bertz CT molecular complexity index is 533. The number of hydrogen-bond acceptors (Lipinski definition) is 5. The van der Waals surface area contributed by atoms with Crippen molar-refractivity contribution in [2.24, 2.45) is 0 Å². The summed E-state index contributed by atoms with van der Waals surface area (Å²) in [5.41, 5.74) is 0.936. The SMILES string of the molecule is CC1(CNc2ccc([N+](=O)[O-])cc2C#N)CCCS1. The maximum Gasteiger partial charge on any atom is 0.270 e. The first kappa shape index (κ1) is 13.7. The van der Waals surface area contributed by atoms with E-state index >= 15 is 0 Å². The Morgan fingerprint density at radius 1 is 1.63 bits per heavy atom. The molecule has 0 bridgehead atoms. The lowest BCUT2D eigenvalue weighted by molar-refractivity contribution is -0.384. The number of nitro benzene ring substituents is 1. The average molecular weight is 277 g/mol. The van der Waals surface area contributed by atoms with E-state index in [1.54, 1.807) is 6.07 Å². The lowest BCUT2D eigenvalue weighted by Gasteiger charge is -2.23. The highest BCUT2D eigenvalue weighted by molar-refractivity contribution is 8.00. The second-order valence-corrected chi connectivity index (χ2v) is 6.54. The molecule has 1 aliphatic rings. The van der Waals surface area contributed by atoms with Gasteiger partial charge in [-0.1, -0.05) is 0 Å². The quantitative estimate of drug-likeness (QED) is 0.675. The first-order valence-corrected chi connectivity index (χ1v) is 7.09. The molecule has 0 radical (unpaired) electrons. The van der Waals surface area contributed by atoms with Crippen molar-refractivity contribution in [2.75, 3.05) is 17.6 Å². The Morgan fingerprint density at radius 2 is 2.42 bits per heavy atom. The van der Waals surface area contributed by atoms with Crippen LogP contribution in [-0.2, 0) is 0 Å². The summed E-state index contributed by atoms with van der Waals surface area (Å²) in [4.78, 5) is 10.2. The van der Waals surface area contributed by atoms with Gasteiger partial charge in [0, 0.05) is 23.4 Å². The van der Waals surface area contributed by atoms with E-state index in [1.807, 2.05) is 17.8 Å². The van der Waals surface area contributed by atoms with Crippen LogP contribution in [0.3, 0.4) is 0 Å². The third-order valence-corrected chi connectivity index (χ3v) is 4.83. The number of hydrogen-bond donors (Lipinski definition) is 1. The normalized spacial score (nSPS) is 21.9. The summed E-state index contributed by atoms with van der Waals surface area (Å²) in [5, 5.41) is 23.0. The van der Waals surface area contributed by atoms with Crippen molar-refractivity contribution in [3.8, 4) is 6.07 Å². The van der Waals surface area contributed by atoms with Gasteiger partial charge in [-0.3, -0.25) is 10.1 Å². The van der Waals surface area contributed by atoms with E-state index in [4.69, 9.17) is 5.26 Å². The fourth-order valence-corrected chi connectivity index (χ4v) is 3.40. The molecule has 1 aromatic rings. The monoisotopic (exact) mass is 277 g/mol. The topological polar surface area (TPSA) is 79.0 Å². The predicted molar refractivity (Wildman–Crippen MR) is 76.4 cm³/mol. The van der Waals surface area contributed by atoms with E-state index in [9.17, 15) is 10.1 Å². The third-order valence-electron chi connectivity index (χ3n) is 3.29. The second-order valence-electron chi connectivity index (χ2n) is 4.85. The minimum atomic E-state index is -0.487. The molecule has 1 saturated heterocycles. The molecule has 0 spiro atoms. The summed E-state index contributed by atoms with van der Waals surface area (Å²) in [5.74, 6) is 1.17. The number of nitriles is 1. The molecule has 6 heteroatoms. The summed E-state index contributed by atoms with van der Waals surface area (Å²) in [6.07, 6.45) is 2.37. The number of rotatable bonds is 4. The molecule has 1 unspecified atom stereocenters. The number of benzene rings is 1. The number of thioether (sulfide) groups is 1. The van der Waals surface area contributed by atoms with Gasteiger partial charge < -0.3 is 5.32 Å². The van der Waals surface area contributed by atoms with E-state index in [1.165, 1.54) is 24.3 Å².